The topological polar surface area (TPSA) is 68.7 Å². The van der Waals surface area contributed by atoms with Crippen molar-refractivity contribution in [2.24, 2.45) is 5.41 Å². The quantitative estimate of drug-likeness (QED) is 0.911. The third-order valence-corrected chi connectivity index (χ3v) is 4.45. The average molecular weight is 277 g/mol. The number of aryl methyl sites for hydroxylation is 1. The molecule has 3 unspecified atom stereocenters. The van der Waals surface area contributed by atoms with Gasteiger partial charge >= 0.3 is 5.97 Å². The van der Waals surface area contributed by atoms with Gasteiger partial charge in [0.15, 0.2) is 0 Å². The number of aromatic nitrogens is 1. The van der Waals surface area contributed by atoms with Gasteiger partial charge in [0.2, 0.25) is 0 Å². The summed E-state index contributed by atoms with van der Waals surface area (Å²) in [5, 5.41) is 9.70. The predicted molar refractivity (Wildman–Crippen MR) is 71.8 cm³/mol. The first-order valence-electron chi connectivity index (χ1n) is 6.94. The first-order chi connectivity index (χ1) is 9.53. The molecule has 2 saturated heterocycles. The Labute approximate surface area is 117 Å². The van der Waals surface area contributed by atoms with E-state index in [-0.39, 0.29) is 12.2 Å². The fourth-order valence-electron chi connectivity index (χ4n) is 3.52. The highest BCUT2D eigenvalue weighted by Crippen LogP contribution is 2.49. The predicted octanol–water partition coefficient (Wildman–Crippen LogP) is 1.96. The van der Waals surface area contributed by atoms with Crippen LogP contribution < -0.4 is 4.74 Å². The van der Waals surface area contributed by atoms with Crippen molar-refractivity contribution in [2.45, 2.75) is 44.8 Å². The van der Waals surface area contributed by atoms with Crippen molar-refractivity contribution in [3.05, 3.63) is 23.5 Å². The molecule has 0 aromatic carbocycles. The monoisotopic (exact) mass is 277 g/mol. The number of methoxy groups -OCH3 is 1. The third kappa shape index (κ3) is 2.06. The van der Waals surface area contributed by atoms with Gasteiger partial charge < -0.3 is 14.6 Å². The van der Waals surface area contributed by atoms with Gasteiger partial charge in [0.1, 0.15) is 11.2 Å². The van der Waals surface area contributed by atoms with Crippen LogP contribution in [0.1, 0.15) is 30.7 Å². The molecule has 20 heavy (non-hydrogen) atoms. The molecular weight excluding hydrogens is 258 g/mol. The van der Waals surface area contributed by atoms with E-state index in [9.17, 15) is 9.90 Å². The summed E-state index contributed by atoms with van der Waals surface area (Å²) in [7, 11) is 1.60. The Morgan fingerprint density at radius 1 is 1.55 bits per heavy atom. The third-order valence-electron chi connectivity index (χ3n) is 4.45. The summed E-state index contributed by atoms with van der Waals surface area (Å²) in [6, 6.07) is 3.66. The lowest BCUT2D eigenvalue weighted by molar-refractivity contribution is -0.152. The van der Waals surface area contributed by atoms with Gasteiger partial charge in [-0.3, -0.25) is 9.78 Å². The fraction of sp³-hybridized carbons (Fsp3) is 0.600. The van der Waals surface area contributed by atoms with E-state index in [1.165, 1.54) is 0 Å². The Morgan fingerprint density at radius 3 is 2.90 bits per heavy atom. The number of carbonyl (C=O) groups is 1. The first-order valence-corrected chi connectivity index (χ1v) is 6.94. The summed E-state index contributed by atoms with van der Waals surface area (Å²) in [6.07, 6.45) is 2.72. The minimum absolute atomic E-state index is 0.0998. The number of aliphatic carboxylic acids is 1. The van der Waals surface area contributed by atoms with Crippen molar-refractivity contribution in [1.82, 2.24) is 4.98 Å². The van der Waals surface area contributed by atoms with Crippen LogP contribution in [0.4, 0.5) is 0 Å². The van der Waals surface area contributed by atoms with Crippen LogP contribution in [0.15, 0.2) is 12.1 Å². The van der Waals surface area contributed by atoms with Gasteiger partial charge in [-0.2, -0.15) is 0 Å². The smallest absolute Gasteiger partial charge is 0.312 e. The maximum Gasteiger partial charge on any atom is 0.312 e. The van der Waals surface area contributed by atoms with Gasteiger partial charge in [-0.15, -0.1) is 0 Å². The van der Waals surface area contributed by atoms with Crippen molar-refractivity contribution in [1.29, 1.82) is 0 Å². The van der Waals surface area contributed by atoms with Crippen LogP contribution in [-0.4, -0.2) is 35.4 Å². The van der Waals surface area contributed by atoms with E-state index in [1.807, 2.05) is 19.1 Å². The summed E-state index contributed by atoms with van der Waals surface area (Å²) in [5.74, 6) is -0.0518. The van der Waals surface area contributed by atoms with Crippen molar-refractivity contribution in [3.8, 4) is 5.75 Å². The summed E-state index contributed by atoms with van der Waals surface area (Å²) >= 11 is 0. The van der Waals surface area contributed by atoms with E-state index in [0.717, 1.165) is 30.0 Å². The molecule has 1 N–H and O–H groups in total. The van der Waals surface area contributed by atoms with E-state index in [1.54, 1.807) is 7.11 Å². The molecule has 2 bridgehead atoms. The summed E-state index contributed by atoms with van der Waals surface area (Å²) < 4.78 is 11.0. The zero-order valence-electron chi connectivity index (χ0n) is 11.8. The van der Waals surface area contributed by atoms with E-state index < -0.39 is 11.4 Å². The first kappa shape index (κ1) is 13.4. The van der Waals surface area contributed by atoms with Crippen LogP contribution in [0.5, 0.6) is 5.75 Å². The highest BCUT2D eigenvalue weighted by atomic mass is 16.5. The number of carboxylic acids is 1. The maximum absolute atomic E-state index is 11.8. The van der Waals surface area contributed by atoms with Gasteiger partial charge in [0, 0.05) is 29.9 Å². The molecule has 108 valence electrons. The zero-order valence-corrected chi connectivity index (χ0v) is 11.8. The van der Waals surface area contributed by atoms with Gasteiger partial charge in [-0.1, -0.05) is 0 Å². The minimum Gasteiger partial charge on any atom is -0.497 e. The van der Waals surface area contributed by atoms with E-state index in [0.29, 0.717) is 12.8 Å². The van der Waals surface area contributed by atoms with Crippen LogP contribution in [0.2, 0.25) is 0 Å². The molecule has 0 saturated carbocycles. The molecule has 2 fully saturated rings. The van der Waals surface area contributed by atoms with Crippen LogP contribution >= 0.6 is 0 Å². The number of hydrogen-bond donors (Lipinski definition) is 1. The Kier molecular flexibility index (Phi) is 3.17. The lowest BCUT2D eigenvalue weighted by Crippen LogP contribution is -2.42. The minimum atomic E-state index is -0.825. The number of hydrogen-bond acceptors (Lipinski definition) is 4. The summed E-state index contributed by atoms with van der Waals surface area (Å²) in [6.45, 7) is 1.89. The highest BCUT2D eigenvalue weighted by molar-refractivity contribution is 5.76. The average Bonchev–Trinajstić information content (AvgIpc) is 2.98. The second kappa shape index (κ2) is 4.74. The van der Waals surface area contributed by atoms with E-state index >= 15 is 0 Å². The molecule has 2 aliphatic heterocycles. The standard InChI is InChI=1S/C15H19NO4/c1-9-5-12(19-2)6-10(16-9)7-15(14(17)18)8-11-3-4-13(15)20-11/h5-6,11,13H,3-4,7-8H2,1-2H3,(H,17,18). The Balaban J connectivity index is 1.92. The largest absolute Gasteiger partial charge is 0.497 e. The van der Waals surface area contributed by atoms with Crippen LogP contribution in [0.25, 0.3) is 0 Å². The fourth-order valence-corrected chi connectivity index (χ4v) is 3.52. The second-order valence-corrected chi connectivity index (χ2v) is 5.81. The zero-order chi connectivity index (χ0) is 14.3. The number of carboxylic acid groups (broad SMARTS) is 1. The lowest BCUT2D eigenvalue weighted by Gasteiger charge is -2.30. The molecule has 1 aromatic heterocycles. The van der Waals surface area contributed by atoms with Crippen molar-refractivity contribution in [3.63, 3.8) is 0 Å². The number of pyridine rings is 1. The molecule has 2 aliphatic rings. The van der Waals surface area contributed by atoms with Gasteiger partial charge in [0.25, 0.3) is 0 Å². The molecule has 0 radical (unpaired) electrons. The summed E-state index contributed by atoms with van der Waals surface area (Å²) in [5.41, 5.74) is 0.777. The van der Waals surface area contributed by atoms with Gasteiger partial charge in [0.05, 0.1) is 19.3 Å². The van der Waals surface area contributed by atoms with Crippen LogP contribution in [0.3, 0.4) is 0 Å². The molecular formula is C15H19NO4. The number of nitrogens with zero attached hydrogens (tertiary/aromatic N) is 1. The van der Waals surface area contributed by atoms with Gasteiger partial charge in [-0.05, 0) is 26.2 Å². The van der Waals surface area contributed by atoms with E-state index in [2.05, 4.69) is 4.98 Å². The van der Waals surface area contributed by atoms with Crippen LogP contribution in [0, 0.1) is 12.3 Å². The molecule has 3 atom stereocenters. The second-order valence-electron chi connectivity index (χ2n) is 5.81. The van der Waals surface area contributed by atoms with Crippen molar-refractivity contribution in [2.75, 3.05) is 7.11 Å². The normalized spacial score (nSPS) is 31.5. The van der Waals surface area contributed by atoms with Gasteiger partial charge in [-0.25, -0.2) is 0 Å². The molecule has 0 aliphatic carbocycles. The summed E-state index contributed by atoms with van der Waals surface area (Å²) in [4.78, 5) is 16.3. The molecule has 3 heterocycles. The molecule has 5 nitrogen and oxygen atoms in total. The SMILES string of the molecule is COc1cc(C)nc(CC2(C(=O)O)CC3CCC2O3)c1. The molecule has 5 heteroatoms. The number of ether oxygens (including phenoxy) is 2. The van der Waals surface area contributed by atoms with E-state index in [4.69, 9.17) is 9.47 Å². The Bertz CT molecular complexity index is 545. The molecule has 0 spiro atoms. The molecule has 0 amide bonds. The van der Waals surface area contributed by atoms with Crippen molar-refractivity contribution < 1.29 is 19.4 Å². The van der Waals surface area contributed by atoms with Crippen molar-refractivity contribution >= 4 is 5.97 Å². The number of fused-ring (bicyclic) bond motifs is 2. The lowest BCUT2D eigenvalue weighted by atomic mass is 9.71. The number of rotatable bonds is 4. The Morgan fingerprint density at radius 2 is 2.35 bits per heavy atom. The molecule has 3 rings (SSSR count). The maximum atomic E-state index is 11.8. The highest BCUT2D eigenvalue weighted by Gasteiger charge is 2.57. The van der Waals surface area contributed by atoms with Crippen LogP contribution in [-0.2, 0) is 16.0 Å². The molecule has 1 aromatic rings. The Hall–Kier alpha value is -1.62.